The maximum atomic E-state index is 13.4. The highest BCUT2D eigenvalue weighted by Gasteiger charge is 2.32. The third kappa shape index (κ3) is 4.81. The van der Waals surface area contributed by atoms with E-state index >= 15 is 0 Å². The molecular formula is C28H25N3O3S. The molecule has 2 aromatic heterocycles. The number of carbonyl (C=O) groups is 2. The molecule has 0 fully saturated rings. The lowest BCUT2D eigenvalue weighted by Crippen LogP contribution is -2.39. The number of rotatable bonds is 5. The first-order chi connectivity index (χ1) is 16.8. The second-order valence-corrected chi connectivity index (χ2v) is 10.2. The molecule has 1 aliphatic heterocycles. The van der Waals surface area contributed by atoms with Crippen molar-refractivity contribution < 1.29 is 14.3 Å². The van der Waals surface area contributed by atoms with Crippen molar-refractivity contribution in [3.05, 3.63) is 83.0 Å². The average molecular weight is 484 g/mol. The van der Waals surface area contributed by atoms with Gasteiger partial charge >= 0.3 is 5.97 Å². The first kappa shape index (κ1) is 22.8. The maximum absolute atomic E-state index is 13.4. The monoisotopic (exact) mass is 483 g/mol. The molecule has 0 saturated carbocycles. The first-order valence-corrected chi connectivity index (χ1v) is 12.2. The molecule has 0 spiro atoms. The number of aromatic nitrogens is 1. The molecule has 6 nitrogen and oxygen atoms in total. The van der Waals surface area contributed by atoms with E-state index in [1.54, 1.807) is 44.3 Å². The Labute approximate surface area is 207 Å². The highest BCUT2D eigenvalue weighted by Crippen LogP contribution is 2.29. The summed E-state index contributed by atoms with van der Waals surface area (Å²) in [6, 6.07) is 16.0. The summed E-state index contributed by atoms with van der Waals surface area (Å²) < 4.78 is 6.61. The number of hydrogen-bond donors (Lipinski definition) is 1. The zero-order valence-corrected chi connectivity index (χ0v) is 20.6. The lowest BCUT2D eigenvalue weighted by Gasteiger charge is -2.22. The highest BCUT2D eigenvalue weighted by molar-refractivity contribution is 7.17. The van der Waals surface area contributed by atoms with Crippen LogP contribution in [0.2, 0.25) is 0 Å². The molecule has 2 aromatic carbocycles. The molecule has 0 radical (unpaired) electrons. The van der Waals surface area contributed by atoms with Crippen LogP contribution in [0.1, 0.15) is 31.9 Å². The van der Waals surface area contributed by atoms with Gasteiger partial charge in [-0.05, 0) is 73.0 Å². The van der Waals surface area contributed by atoms with Gasteiger partial charge in [-0.25, -0.2) is 4.99 Å². The van der Waals surface area contributed by atoms with E-state index in [0.717, 1.165) is 32.1 Å². The van der Waals surface area contributed by atoms with Crippen molar-refractivity contribution in [1.82, 2.24) is 9.88 Å². The number of fused-ring (bicyclic) bond motifs is 2. The van der Waals surface area contributed by atoms with E-state index in [1.165, 1.54) is 4.90 Å². The summed E-state index contributed by atoms with van der Waals surface area (Å²) in [5.74, 6) is -0.414. The Morgan fingerprint density at radius 2 is 1.80 bits per heavy atom. The molecule has 1 amide bonds. The van der Waals surface area contributed by atoms with E-state index < -0.39 is 11.6 Å². The predicted octanol–water partition coefficient (Wildman–Crippen LogP) is 6.02. The zero-order chi connectivity index (χ0) is 24.6. The van der Waals surface area contributed by atoms with Crippen LogP contribution < -0.4 is 0 Å². The number of aliphatic imine (C=N–C) groups is 1. The van der Waals surface area contributed by atoms with Crippen molar-refractivity contribution >= 4 is 62.2 Å². The lowest BCUT2D eigenvalue weighted by molar-refractivity contribution is -0.156. The molecule has 35 heavy (non-hydrogen) atoms. The number of amidine groups is 1. The minimum Gasteiger partial charge on any atom is -0.459 e. The summed E-state index contributed by atoms with van der Waals surface area (Å²) >= 11 is 1.62. The van der Waals surface area contributed by atoms with Crippen LogP contribution in [-0.2, 0) is 14.3 Å². The van der Waals surface area contributed by atoms with Crippen molar-refractivity contribution in [3.63, 3.8) is 0 Å². The quantitative estimate of drug-likeness (QED) is 0.279. The minimum absolute atomic E-state index is 0.213. The van der Waals surface area contributed by atoms with Crippen LogP contribution in [-0.4, -0.2) is 39.7 Å². The molecule has 3 heterocycles. The second kappa shape index (κ2) is 9.00. The van der Waals surface area contributed by atoms with Gasteiger partial charge in [0.1, 0.15) is 23.7 Å². The third-order valence-corrected chi connectivity index (χ3v) is 6.50. The van der Waals surface area contributed by atoms with Crippen molar-refractivity contribution in [2.75, 3.05) is 6.54 Å². The Morgan fingerprint density at radius 1 is 1.06 bits per heavy atom. The number of nitrogens with zero attached hydrogens (tertiary/aromatic N) is 2. The molecule has 0 unspecified atom stereocenters. The molecule has 5 rings (SSSR count). The molecule has 176 valence electrons. The van der Waals surface area contributed by atoms with Crippen LogP contribution >= 0.6 is 11.3 Å². The molecule has 0 bridgehead atoms. The van der Waals surface area contributed by atoms with Gasteiger partial charge in [0.25, 0.3) is 5.91 Å². The van der Waals surface area contributed by atoms with E-state index in [-0.39, 0.29) is 18.1 Å². The van der Waals surface area contributed by atoms with Gasteiger partial charge < -0.3 is 9.72 Å². The number of carbonyl (C=O) groups excluding carboxylic acids is 2. The fourth-order valence-electron chi connectivity index (χ4n) is 4.00. The smallest absolute Gasteiger partial charge is 0.326 e. The molecule has 1 N–H and O–H groups in total. The number of thiophene rings is 1. The Hall–Kier alpha value is -3.97. The fourth-order valence-corrected chi connectivity index (χ4v) is 4.92. The van der Waals surface area contributed by atoms with Gasteiger partial charge in [0.05, 0.1) is 0 Å². The van der Waals surface area contributed by atoms with Gasteiger partial charge in [0.2, 0.25) is 0 Å². The summed E-state index contributed by atoms with van der Waals surface area (Å²) in [6.07, 6.45) is 7.36. The number of amides is 1. The fraction of sp³-hybridized carbons (Fsp3) is 0.179. The van der Waals surface area contributed by atoms with Crippen LogP contribution in [0.15, 0.2) is 76.9 Å². The Balaban J connectivity index is 1.50. The number of para-hydroxylation sites is 1. The van der Waals surface area contributed by atoms with Gasteiger partial charge in [-0.2, -0.15) is 0 Å². The molecule has 4 aromatic rings. The molecule has 0 atom stereocenters. The topological polar surface area (TPSA) is 74.8 Å². The van der Waals surface area contributed by atoms with Crippen LogP contribution in [0, 0.1) is 0 Å². The molecular weight excluding hydrogens is 458 g/mol. The second-order valence-electron chi connectivity index (χ2n) is 9.29. The van der Waals surface area contributed by atoms with Crippen molar-refractivity contribution in [2.45, 2.75) is 26.4 Å². The molecule has 7 heteroatoms. The number of hydrogen-bond acceptors (Lipinski definition) is 5. The predicted molar refractivity (Wildman–Crippen MR) is 142 cm³/mol. The van der Waals surface area contributed by atoms with Gasteiger partial charge in [0, 0.05) is 21.8 Å². The van der Waals surface area contributed by atoms with Gasteiger partial charge in [-0.15, -0.1) is 11.3 Å². The number of nitrogens with one attached hydrogen (secondary N) is 1. The summed E-state index contributed by atoms with van der Waals surface area (Å²) in [5, 5.41) is 4.14. The SMILES string of the molecule is CC(C)(C)OC(=O)CN1C(=O)/C(=C/c2csc3ccccc23)N=C1/C=C/c1c[nH]c2ccccc12. The summed E-state index contributed by atoms with van der Waals surface area (Å²) in [5.41, 5.74) is 2.56. The number of aromatic amines is 1. The Kier molecular flexibility index (Phi) is 5.86. The lowest BCUT2D eigenvalue weighted by atomic mass is 10.1. The van der Waals surface area contributed by atoms with Crippen molar-refractivity contribution in [1.29, 1.82) is 0 Å². The standard InChI is InChI=1S/C28H25N3O3S/c1-28(2,3)34-26(32)16-31-25(13-12-18-15-29-22-10-6-4-8-20(18)22)30-23(27(31)33)14-19-17-35-24-11-7-5-9-21(19)24/h4-15,17,29H,16H2,1-3H3/b13-12+,23-14-. The maximum Gasteiger partial charge on any atom is 0.326 e. The highest BCUT2D eigenvalue weighted by atomic mass is 32.1. The van der Waals surface area contributed by atoms with Crippen LogP contribution in [0.3, 0.4) is 0 Å². The summed E-state index contributed by atoms with van der Waals surface area (Å²) in [4.78, 5) is 35.2. The molecule has 1 aliphatic rings. The van der Waals surface area contributed by atoms with Crippen LogP contribution in [0.5, 0.6) is 0 Å². The van der Waals surface area contributed by atoms with Crippen LogP contribution in [0.25, 0.3) is 33.1 Å². The number of H-pyrrole nitrogens is 1. The summed E-state index contributed by atoms with van der Waals surface area (Å²) in [7, 11) is 0. The normalized spacial score (nSPS) is 15.6. The Bertz CT molecular complexity index is 1530. The first-order valence-electron chi connectivity index (χ1n) is 11.3. The van der Waals surface area contributed by atoms with Gasteiger partial charge in [-0.3, -0.25) is 14.5 Å². The average Bonchev–Trinajstić information content (AvgIpc) is 3.49. The van der Waals surface area contributed by atoms with Crippen molar-refractivity contribution in [3.8, 4) is 0 Å². The zero-order valence-electron chi connectivity index (χ0n) is 19.7. The van der Waals surface area contributed by atoms with E-state index in [4.69, 9.17) is 4.74 Å². The van der Waals surface area contributed by atoms with Crippen molar-refractivity contribution in [2.24, 2.45) is 4.99 Å². The van der Waals surface area contributed by atoms with E-state index in [9.17, 15) is 9.59 Å². The van der Waals surface area contributed by atoms with Gasteiger partial charge in [0.15, 0.2) is 0 Å². The van der Waals surface area contributed by atoms with E-state index in [1.807, 2.05) is 66.2 Å². The van der Waals surface area contributed by atoms with Gasteiger partial charge in [-0.1, -0.05) is 36.4 Å². The number of esters is 1. The van der Waals surface area contributed by atoms with E-state index in [2.05, 4.69) is 9.98 Å². The van der Waals surface area contributed by atoms with Crippen LogP contribution in [0.4, 0.5) is 0 Å². The number of benzene rings is 2. The van der Waals surface area contributed by atoms with E-state index in [0.29, 0.717) is 5.84 Å². The molecule has 0 aliphatic carbocycles. The summed E-state index contributed by atoms with van der Waals surface area (Å²) in [6.45, 7) is 5.19. The molecule has 0 saturated heterocycles. The third-order valence-electron chi connectivity index (χ3n) is 5.52. The minimum atomic E-state index is -0.648. The largest absolute Gasteiger partial charge is 0.459 e. The Morgan fingerprint density at radius 3 is 2.60 bits per heavy atom. The number of ether oxygens (including phenoxy) is 1.